The highest BCUT2D eigenvalue weighted by Crippen LogP contribution is 2.22. The lowest BCUT2D eigenvalue weighted by molar-refractivity contribution is 0.187. The summed E-state index contributed by atoms with van der Waals surface area (Å²) in [5, 5.41) is 1.86. The summed E-state index contributed by atoms with van der Waals surface area (Å²) in [5.74, 6) is -1.70. The molecule has 0 N–H and O–H groups in total. The van der Waals surface area contributed by atoms with Gasteiger partial charge < -0.3 is 9.30 Å². The summed E-state index contributed by atoms with van der Waals surface area (Å²) >= 11 is 1.32. The Hall–Kier alpha value is -2.38. The summed E-state index contributed by atoms with van der Waals surface area (Å²) in [7, 11) is 1.58. The van der Waals surface area contributed by atoms with Gasteiger partial charge in [-0.2, -0.15) is 0 Å². The van der Waals surface area contributed by atoms with Crippen LogP contribution in [0.5, 0.6) is 0 Å². The summed E-state index contributed by atoms with van der Waals surface area (Å²) in [6.45, 7) is 0.929. The van der Waals surface area contributed by atoms with Gasteiger partial charge in [0, 0.05) is 25.1 Å². The molecule has 0 bridgehead atoms. The maximum atomic E-state index is 13.9. The molecule has 3 aromatic rings. The monoisotopic (exact) mass is 364 g/mol. The quantitative estimate of drug-likeness (QED) is 0.654. The standard InChI is InChI=1S/C18H15F3N2OS/c1-24-9-8-23-17(12-2-4-13(19)5-3-12)11-25-18(23)22-16-7-6-14(20)10-15(16)21/h2-7,10-11H,8-9H2,1H3. The van der Waals surface area contributed by atoms with Crippen molar-refractivity contribution in [3.05, 3.63) is 70.1 Å². The van der Waals surface area contributed by atoms with E-state index in [1.807, 2.05) is 9.95 Å². The summed E-state index contributed by atoms with van der Waals surface area (Å²) in [6, 6.07) is 9.35. The van der Waals surface area contributed by atoms with Gasteiger partial charge in [0.25, 0.3) is 0 Å². The van der Waals surface area contributed by atoms with E-state index in [1.54, 1.807) is 19.2 Å². The lowest BCUT2D eigenvalue weighted by Gasteiger charge is -2.08. The predicted octanol–water partition coefficient (Wildman–Crippen LogP) is 4.51. The van der Waals surface area contributed by atoms with E-state index in [2.05, 4.69) is 4.99 Å². The molecule has 0 fully saturated rings. The van der Waals surface area contributed by atoms with Gasteiger partial charge in [0.2, 0.25) is 0 Å². The highest BCUT2D eigenvalue weighted by molar-refractivity contribution is 7.07. The van der Waals surface area contributed by atoms with Crippen LogP contribution in [0.1, 0.15) is 0 Å². The molecule has 1 aromatic heterocycles. The number of methoxy groups -OCH3 is 1. The van der Waals surface area contributed by atoms with E-state index in [4.69, 9.17) is 4.74 Å². The molecule has 1 heterocycles. The van der Waals surface area contributed by atoms with Crippen molar-refractivity contribution in [1.82, 2.24) is 4.57 Å². The van der Waals surface area contributed by atoms with Crippen LogP contribution in [0, 0.1) is 17.5 Å². The van der Waals surface area contributed by atoms with Crippen LogP contribution in [-0.4, -0.2) is 18.3 Å². The van der Waals surface area contributed by atoms with E-state index in [-0.39, 0.29) is 11.5 Å². The molecule has 7 heteroatoms. The molecular weight excluding hydrogens is 349 g/mol. The van der Waals surface area contributed by atoms with Gasteiger partial charge in [0.05, 0.1) is 12.3 Å². The Labute approximate surface area is 146 Å². The topological polar surface area (TPSA) is 26.5 Å². The average molecular weight is 364 g/mol. The minimum Gasteiger partial charge on any atom is -0.383 e. The van der Waals surface area contributed by atoms with Crippen molar-refractivity contribution in [1.29, 1.82) is 0 Å². The molecule has 0 spiro atoms. The van der Waals surface area contributed by atoms with Crippen molar-refractivity contribution < 1.29 is 17.9 Å². The molecule has 0 unspecified atom stereocenters. The third kappa shape index (κ3) is 4.00. The first-order valence-corrected chi connectivity index (χ1v) is 8.39. The zero-order chi connectivity index (χ0) is 17.8. The third-order valence-electron chi connectivity index (χ3n) is 3.58. The molecule has 2 aromatic carbocycles. The minimum absolute atomic E-state index is 0.0556. The second-order valence-corrected chi connectivity index (χ2v) is 6.10. The Morgan fingerprint density at radius 1 is 1.04 bits per heavy atom. The molecule has 3 nitrogen and oxygen atoms in total. The Bertz CT molecular complexity index is 932. The van der Waals surface area contributed by atoms with E-state index in [0.717, 1.165) is 23.4 Å². The van der Waals surface area contributed by atoms with Gasteiger partial charge >= 0.3 is 0 Å². The molecule has 0 atom stereocenters. The van der Waals surface area contributed by atoms with Gasteiger partial charge in [-0.25, -0.2) is 18.2 Å². The van der Waals surface area contributed by atoms with Crippen molar-refractivity contribution in [3.63, 3.8) is 0 Å². The summed E-state index contributed by atoms with van der Waals surface area (Å²) < 4.78 is 47.1. The van der Waals surface area contributed by atoms with Gasteiger partial charge in [-0.15, -0.1) is 11.3 Å². The molecule has 0 radical (unpaired) electrons. The van der Waals surface area contributed by atoms with Crippen LogP contribution in [0.25, 0.3) is 11.3 Å². The largest absolute Gasteiger partial charge is 0.383 e. The highest BCUT2D eigenvalue weighted by atomic mass is 32.1. The number of aromatic nitrogens is 1. The second-order valence-electron chi connectivity index (χ2n) is 5.26. The lowest BCUT2D eigenvalue weighted by atomic mass is 10.2. The van der Waals surface area contributed by atoms with Crippen LogP contribution in [0.15, 0.2) is 52.8 Å². The lowest BCUT2D eigenvalue weighted by Crippen LogP contribution is -2.18. The molecule has 3 rings (SSSR count). The number of hydrogen-bond donors (Lipinski definition) is 0. The Kier molecular flexibility index (Phi) is 5.35. The normalized spacial score (nSPS) is 11.9. The second kappa shape index (κ2) is 7.67. The zero-order valence-corrected chi connectivity index (χ0v) is 14.2. The van der Waals surface area contributed by atoms with Crippen molar-refractivity contribution in [2.75, 3.05) is 13.7 Å². The number of nitrogens with zero attached hydrogens (tertiary/aromatic N) is 2. The third-order valence-corrected chi connectivity index (χ3v) is 4.45. The summed E-state index contributed by atoms with van der Waals surface area (Å²) in [4.78, 5) is 4.85. The van der Waals surface area contributed by atoms with Gasteiger partial charge in [-0.3, -0.25) is 0 Å². The predicted molar refractivity (Wildman–Crippen MR) is 91.2 cm³/mol. The van der Waals surface area contributed by atoms with Crippen LogP contribution >= 0.6 is 11.3 Å². The molecule has 0 aliphatic rings. The smallest absolute Gasteiger partial charge is 0.190 e. The fourth-order valence-electron chi connectivity index (χ4n) is 2.34. The zero-order valence-electron chi connectivity index (χ0n) is 13.4. The maximum absolute atomic E-state index is 13.9. The van der Waals surface area contributed by atoms with E-state index in [0.29, 0.717) is 18.0 Å². The van der Waals surface area contributed by atoms with Crippen molar-refractivity contribution >= 4 is 17.0 Å². The van der Waals surface area contributed by atoms with Crippen molar-refractivity contribution in [3.8, 4) is 11.3 Å². The van der Waals surface area contributed by atoms with E-state index in [1.165, 1.54) is 29.5 Å². The Morgan fingerprint density at radius 3 is 2.44 bits per heavy atom. The minimum atomic E-state index is -0.727. The molecule has 0 amide bonds. The molecular formula is C18H15F3N2OS. The van der Waals surface area contributed by atoms with Crippen LogP contribution in [0.2, 0.25) is 0 Å². The fraction of sp³-hybridized carbons (Fsp3) is 0.167. The van der Waals surface area contributed by atoms with Crippen molar-refractivity contribution in [2.24, 2.45) is 4.99 Å². The molecule has 0 aliphatic carbocycles. The van der Waals surface area contributed by atoms with Crippen molar-refractivity contribution in [2.45, 2.75) is 6.54 Å². The number of ether oxygens (including phenoxy) is 1. The van der Waals surface area contributed by atoms with Crippen LogP contribution in [-0.2, 0) is 11.3 Å². The maximum Gasteiger partial charge on any atom is 0.190 e. The number of benzene rings is 2. The number of hydrogen-bond acceptors (Lipinski definition) is 3. The van der Waals surface area contributed by atoms with E-state index in [9.17, 15) is 13.2 Å². The van der Waals surface area contributed by atoms with Gasteiger partial charge in [-0.1, -0.05) is 0 Å². The molecule has 0 saturated carbocycles. The van der Waals surface area contributed by atoms with Crippen LogP contribution in [0.3, 0.4) is 0 Å². The summed E-state index contributed by atoms with van der Waals surface area (Å²) in [6.07, 6.45) is 0. The van der Waals surface area contributed by atoms with E-state index >= 15 is 0 Å². The van der Waals surface area contributed by atoms with Crippen LogP contribution in [0.4, 0.5) is 18.9 Å². The average Bonchev–Trinajstić information content (AvgIpc) is 2.99. The van der Waals surface area contributed by atoms with E-state index < -0.39 is 11.6 Å². The fourth-order valence-corrected chi connectivity index (χ4v) is 3.29. The number of rotatable bonds is 5. The first-order valence-electron chi connectivity index (χ1n) is 7.51. The highest BCUT2D eigenvalue weighted by Gasteiger charge is 2.10. The summed E-state index contributed by atoms with van der Waals surface area (Å²) in [5.41, 5.74) is 1.69. The van der Waals surface area contributed by atoms with Gasteiger partial charge in [0.15, 0.2) is 10.6 Å². The molecule has 0 aliphatic heterocycles. The molecule has 25 heavy (non-hydrogen) atoms. The molecule has 130 valence electrons. The van der Waals surface area contributed by atoms with Gasteiger partial charge in [0.1, 0.15) is 17.3 Å². The first-order chi connectivity index (χ1) is 12.1. The molecule has 0 saturated heterocycles. The Balaban J connectivity index is 2.10. The van der Waals surface area contributed by atoms with Crippen LogP contribution < -0.4 is 4.80 Å². The van der Waals surface area contributed by atoms with Gasteiger partial charge in [-0.05, 0) is 42.0 Å². The number of thiazole rings is 1. The first kappa shape index (κ1) is 17.4. The number of halogens is 3. The SMILES string of the molecule is COCCn1c(-c2ccc(F)cc2)csc1=Nc1ccc(F)cc1F. The Morgan fingerprint density at radius 2 is 1.76 bits per heavy atom.